The summed E-state index contributed by atoms with van der Waals surface area (Å²) in [5.41, 5.74) is 11.8. The summed E-state index contributed by atoms with van der Waals surface area (Å²) < 4.78 is 0. The number of carbonyl (C=O) groups excluding carboxylic acids is 2. The summed E-state index contributed by atoms with van der Waals surface area (Å²) in [5, 5.41) is 0. The number of carbonyl (C=O) groups is 2. The van der Waals surface area contributed by atoms with Gasteiger partial charge in [-0.25, -0.2) is 0 Å². The molecule has 1 rings (SSSR count). The van der Waals surface area contributed by atoms with Crippen LogP contribution in [0.15, 0.2) is 30.3 Å². The van der Waals surface area contributed by atoms with Crippen molar-refractivity contribution in [1.82, 2.24) is 4.90 Å². The number of hydrogen-bond acceptors (Lipinski definition) is 3. The molecule has 0 aliphatic rings. The quantitative estimate of drug-likeness (QED) is 0.739. The van der Waals surface area contributed by atoms with Crippen LogP contribution in [0.4, 0.5) is 0 Å². The summed E-state index contributed by atoms with van der Waals surface area (Å²) >= 11 is 0. The van der Waals surface area contributed by atoms with E-state index in [1.165, 1.54) is 0 Å². The molecule has 0 aliphatic heterocycles. The standard InChI is InChI=1S/C15H23N3O2/c1-2-13(10-16)15(20)18(9-8-14(17)19)11-12-6-4-3-5-7-12/h3-7,13H,2,8-11,16H2,1H3,(H2,17,19). The van der Waals surface area contributed by atoms with E-state index >= 15 is 0 Å². The van der Waals surface area contributed by atoms with Crippen LogP contribution in [0.3, 0.4) is 0 Å². The van der Waals surface area contributed by atoms with E-state index < -0.39 is 5.91 Å². The van der Waals surface area contributed by atoms with Gasteiger partial charge in [0.15, 0.2) is 0 Å². The Labute approximate surface area is 119 Å². The van der Waals surface area contributed by atoms with E-state index in [0.717, 1.165) is 5.56 Å². The van der Waals surface area contributed by atoms with Gasteiger partial charge in [-0.3, -0.25) is 9.59 Å². The highest BCUT2D eigenvalue weighted by atomic mass is 16.2. The normalized spacial score (nSPS) is 11.9. The van der Waals surface area contributed by atoms with Gasteiger partial charge in [-0.15, -0.1) is 0 Å². The van der Waals surface area contributed by atoms with Crippen LogP contribution in [-0.2, 0) is 16.1 Å². The van der Waals surface area contributed by atoms with E-state index in [1.807, 2.05) is 37.3 Å². The van der Waals surface area contributed by atoms with Crippen molar-refractivity contribution in [3.05, 3.63) is 35.9 Å². The minimum absolute atomic E-state index is 0.0138. The molecule has 4 N–H and O–H groups in total. The monoisotopic (exact) mass is 277 g/mol. The lowest BCUT2D eigenvalue weighted by Gasteiger charge is -2.26. The van der Waals surface area contributed by atoms with Gasteiger partial charge in [0.25, 0.3) is 0 Å². The number of nitrogens with two attached hydrogens (primary N) is 2. The molecule has 1 unspecified atom stereocenters. The van der Waals surface area contributed by atoms with Crippen LogP contribution in [-0.4, -0.2) is 29.8 Å². The lowest BCUT2D eigenvalue weighted by Crippen LogP contribution is -2.40. The Morgan fingerprint density at radius 2 is 1.90 bits per heavy atom. The first-order valence-corrected chi connectivity index (χ1v) is 6.89. The fourth-order valence-corrected chi connectivity index (χ4v) is 2.02. The molecule has 5 nitrogen and oxygen atoms in total. The fraction of sp³-hybridized carbons (Fsp3) is 0.467. The summed E-state index contributed by atoms with van der Waals surface area (Å²) in [4.78, 5) is 25.0. The summed E-state index contributed by atoms with van der Waals surface area (Å²) in [6.07, 6.45) is 0.858. The van der Waals surface area contributed by atoms with Crippen molar-refractivity contribution in [1.29, 1.82) is 0 Å². The van der Waals surface area contributed by atoms with Crippen LogP contribution in [0.2, 0.25) is 0 Å². The second-order valence-electron chi connectivity index (χ2n) is 4.80. The van der Waals surface area contributed by atoms with Crippen LogP contribution in [0.1, 0.15) is 25.3 Å². The number of rotatable bonds is 8. The maximum atomic E-state index is 12.4. The molecule has 1 atom stereocenters. The zero-order chi connectivity index (χ0) is 15.0. The van der Waals surface area contributed by atoms with E-state index in [2.05, 4.69) is 0 Å². The third-order valence-electron chi connectivity index (χ3n) is 3.28. The molecule has 1 aromatic rings. The first kappa shape index (κ1) is 16.2. The predicted octanol–water partition coefficient (Wildman–Crippen LogP) is 0.876. The number of primary amides is 1. The molecule has 0 spiro atoms. The Bertz CT molecular complexity index is 430. The van der Waals surface area contributed by atoms with Crippen LogP contribution in [0, 0.1) is 5.92 Å². The lowest BCUT2D eigenvalue weighted by atomic mass is 10.0. The first-order chi connectivity index (χ1) is 9.58. The number of hydrogen-bond donors (Lipinski definition) is 2. The van der Waals surface area contributed by atoms with Crippen LogP contribution < -0.4 is 11.5 Å². The van der Waals surface area contributed by atoms with Crippen molar-refractivity contribution >= 4 is 11.8 Å². The summed E-state index contributed by atoms with van der Waals surface area (Å²) in [7, 11) is 0. The Morgan fingerprint density at radius 3 is 2.40 bits per heavy atom. The van der Waals surface area contributed by atoms with Gasteiger partial charge in [-0.05, 0) is 12.0 Å². The third kappa shape index (κ3) is 5.01. The van der Waals surface area contributed by atoms with Gasteiger partial charge in [0.05, 0.1) is 5.92 Å². The summed E-state index contributed by atoms with van der Waals surface area (Å²) in [6, 6.07) is 9.67. The van der Waals surface area contributed by atoms with E-state index in [0.29, 0.717) is 26.1 Å². The first-order valence-electron chi connectivity index (χ1n) is 6.89. The van der Waals surface area contributed by atoms with Gasteiger partial charge in [0, 0.05) is 26.1 Å². The molecule has 0 saturated heterocycles. The summed E-state index contributed by atoms with van der Waals surface area (Å²) in [6.45, 7) is 3.06. The highest BCUT2D eigenvalue weighted by molar-refractivity contribution is 5.80. The molecule has 2 amide bonds. The molecule has 0 heterocycles. The molecule has 0 radical (unpaired) electrons. The van der Waals surface area contributed by atoms with Crippen molar-refractivity contribution in [2.75, 3.05) is 13.1 Å². The second-order valence-corrected chi connectivity index (χ2v) is 4.80. The van der Waals surface area contributed by atoms with Crippen LogP contribution >= 0.6 is 0 Å². The van der Waals surface area contributed by atoms with E-state index in [4.69, 9.17) is 11.5 Å². The minimum atomic E-state index is -0.406. The Kier molecular flexibility index (Phi) is 6.73. The predicted molar refractivity (Wildman–Crippen MR) is 78.5 cm³/mol. The molecule has 0 bridgehead atoms. The highest BCUT2D eigenvalue weighted by Gasteiger charge is 2.22. The molecule has 20 heavy (non-hydrogen) atoms. The van der Waals surface area contributed by atoms with Crippen molar-refractivity contribution in [2.24, 2.45) is 17.4 Å². The van der Waals surface area contributed by atoms with Gasteiger partial charge < -0.3 is 16.4 Å². The molecule has 0 fully saturated rings. The lowest BCUT2D eigenvalue weighted by molar-refractivity contribution is -0.136. The number of nitrogens with zero attached hydrogens (tertiary/aromatic N) is 1. The van der Waals surface area contributed by atoms with Crippen LogP contribution in [0.5, 0.6) is 0 Å². The van der Waals surface area contributed by atoms with E-state index in [9.17, 15) is 9.59 Å². The Balaban J connectivity index is 2.78. The molecule has 5 heteroatoms. The zero-order valence-electron chi connectivity index (χ0n) is 11.9. The Hall–Kier alpha value is -1.88. The largest absolute Gasteiger partial charge is 0.370 e. The smallest absolute Gasteiger partial charge is 0.227 e. The van der Waals surface area contributed by atoms with E-state index in [1.54, 1.807) is 4.90 Å². The molecule has 0 saturated carbocycles. The number of amides is 2. The topological polar surface area (TPSA) is 89.4 Å². The zero-order valence-corrected chi connectivity index (χ0v) is 11.9. The molecule has 0 aromatic heterocycles. The average molecular weight is 277 g/mol. The maximum Gasteiger partial charge on any atom is 0.227 e. The molecule has 110 valence electrons. The van der Waals surface area contributed by atoms with Gasteiger partial charge in [0.1, 0.15) is 0 Å². The van der Waals surface area contributed by atoms with Crippen molar-refractivity contribution in [3.63, 3.8) is 0 Å². The fourth-order valence-electron chi connectivity index (χ4n) is 2.02. The maximum absolute atomic E-state index is 12.4. The van der Waals surface area contributed by atoms with Gasteiger partial charge in [-0.1, -0.05) is 37.3 Å². The van der Waals surface area contributed by atoms with Crippen molar-refractivity contribution in [3.8, 4) is 0 Å². The third-order valence-corrected chi connectivity index (χ3v) is 3.28. The average Bonchev–Trinajstić information content (AvgIpc) is 2.45. The SMILES string of the molecule is CCC(CN)C(=O)N(CCC(N)=O)Cc1ccccc1. The molecule has 1 aromatic carbocycles. The van der Waals surface area contributed by atoms with Gasteiger partial charge in [0.2, 0.25) is 11.8 Å². The molecular weight excluding hydrogens is 254 g/mol. The van der Waals surface area contributed by atoms with E-state index in [-0.39, 0.29) is 18.2 Å². The van der Waals surface area contributed by atoms with Crippen LogP contribution in [0.25, 0.3) is 0 Å². The number of benzene rings is 1. The van der Waals surface area contributed by atoms with Crippen molar-refractivity contribution in [2.45, 2.75) is 26.3 Å². The second kappa shape index (κ2) is 8.32. The highest BCUT2D eigenvalue weighted by Crippen LogP contribution is 2.11. The van der Waals surface area contributed by atoms with Gasteiger partial charge in [-0.2, -0.15) is 0 Å². The summed E-state index contributed by atoms with van der Waals surface area (Å²) in [5.74, 6) is -0.622. The van der Waals surface area contributed by atoms with Gasteiger partial charge >= 0.3 is 0 Å². The minimum Gasteiger partial charge on any atom is -0.370 e. The van der Waals surface area contributed by atoms with Crippen molar-refractivity contribution < 1.29 is 9.59 Å². The molecular formula is C15H23N3O2. The Morgan fingerprint density at radius 1 is 1.25 bits per heavy atom. The molecule has 0 aliphatic carbocycles.